The SMILES string of the molecule is O=C1OC(c2ccc(OC(F)F)cc2)=N/C1=C\c1cn(-c2ccccc2)nc1-c1cccs1. The number of aliphatic imine (C=N–C) groups is 1. The highest BCUT2D eigenvalue weighted by atomic mass is 32.1. The van der Waals surface area contributed by atoms with Gasteiger partial charge in [-0.25, -0.2) is 14.5 Å². The maximum Gasteiger partial charge on any atom is 0.387 e. The molecule has 0 amide bonds. The molecule has 0 atom stereocenters. The van der Waals surface area contributed by atoms with Crippen molar-refractivity contribution in [2.24, 2.45) is 4.99 Å². The van der Waals surface area contributed by atoms with Crippen molar-refractivity contribution in [1.82, 2.24) is 9.78 Å². The third-order valence-electron chi connectivity index (χ3n) is 4.76. The van der Waals surface area contributed by atoms with Crippen LogP contribution in [0.4, 0.5) is 8.78 Å². The number of nitrogens with zero attached hydrogens (tertiary/aromatic N) is 3. The van der Waals surface area contributed by atoms with Gasteiger partial charge in [0, 0.05) is 17.3 Å². The van der Waals surface area contributed by atoms with Crippen molar-refractivity contribution in [2.45, 2.75) is 6.61 Å². The Bertz CT molecular complexity index is 1350. The number of cyclic esters (lactones) is 1. The van der Waals surface area contributed by atoms with Crippen LogP contribution in [0.15, 0.2) is 89.0 Å². The van der Waals surface area contributed by atoms with Crippen molar-refractivity contribution in [3.63, 3.8) is 0 Å². The molecule has 5 rings (SSSR count). The lowest BCUT2D eigenvalue weighted by Crippen LogP contribution is -2.06. The zero-order valence-electron chi connectivity index (χ0n) is 16.9. The number of hydrogen-bond acceptors (Lipinski definition) is 6. The van der Waals surface area contributed by atoms with E-state index < -0.39 is 12.6 Å². The highest BCUT2D eigenvalue weighted by Gasteiger charge is 2.25. The van der Waals surface area contributed by atoms with Gasteiger partial charge in [-0.3, -0.25) is 0 Å². The second-order valence-electron chi connectivity index (χ2n) is 6.93. The summed E-state index contributed by atoms with van der Waals surface area (Å²) in [5.74, 6) is -0.520. The summed E-state index contributed by atoms with van der Waals surface area (Å²) in [7, 11) is 0. The lowest BCUT2D eigenvalue weighted by atomic mass is 10.2. The molecule has 6 nitrogen and oxygen atoms in total. The van der Waals surface area contributed by atoms with E-state index in [1.54, 1.807) is 10.8 Å². The van der Waals surface area contributed by atoms with Crippen molar-refractivity contribution in [1.29, 1.82) is 0 Å². The lowest BCUT2D eigenvalue weighted by Gasteiger charge is -2.04. The van der Waals surface area contributed by atoms with Crippen LogP contribution in [0, 0.1) is 0 Å². The molecule has 0 fully saturated rings. The van der Waals surface area contributed by atoms with E-state index in [9.17, 15) is 13.6 Å². The number of ether oxygens (including phenoxy) is 2. The first-order chi connectivity index (χ1) is 16.1. The van der Waals surface area contributed by atoms with Crippen molar-refractivity contribution >= 4 is 29.3 Å². The molecule has 164 valence electrons. The number of alkyl halides is 2. The fourth-order valence-electron chi connectivity index (χ4n) is 3.27. The number of para-hydroxylation sites is 1. The Morgan fingerprint density at radius 1 is 1.03 bits per heavy atom. The van der Waals surface area contributed by atoms with Gasteiger partial charge in [0.15, 0.2) is 5.70 Å². The van der Waals surface area contributed by atoms with E-state index in [4.69, 9.17) is 9.84 Å². The zero-order valence-corrected chi connectivity index (χ0v) is 17.7. The smallest absolute Gasteiger partial charge is 0.387 e. The van der Waals surface area contributed by atoms with E-state index in [0.717, 1.165) is 10.6 Å². The number of esters is 1. The van der Waals surface area contributed by atoms with Crippen LogP contribution in [0.3, 0.4) is 0 Å². The van der Waals surface area contributed by atoms with Crippen molar-refractivity contribution in [3.8, 4) is 22.0 Å². The number of thiophene rings is 1. The van der Waals surface area contributed by atoms with Gasteiger partial charge in [-0.1, -0.05) is 24.3 Å². The molecule has 33 heavy (non-hydrogen) atoms. The van der Waals surface area contributed by atoms with E-state index in [1.165, 1.54) is 35.6 Å². The Hall–Kier alpha value is -4.11. The van der Waals surface area contributed by atoms with Crippen LogP contribution in [-0.2, 0) is 9.53 Å². The topological polar surface area (TPSA) is 65.7 Å². The van der Waals surface area contributed by atoms with Gasteiger partial charge in [-0.05, 0) is 53.9 Å². The van der Waals surface area contributed by atoms with Crippen LogP contribution in [0.25, 0.3) is 22.3 Å². The molecule has 0 unspecified atom stereocenters. The fraction of sp³-hybridized carbons (Fsp3) is 0.0417. The number of rotatable bonds is 6. The molecule has 2 aromatic heterocycles. The first-order valence-corrected chi connectivity index (χ1v) is 10.7. The van der Waals surface area contributed by atoms with Gasteiger partial charge in [-0.2, -0.15) is 13.9 Å². The van der Waals surface area contributed by atoms with Crippen molar-refractivity contribution in [2.75, 3.05) is 0 Å². The summed E-state index contributed by atoms with van der Waals surface area (Å²) in [6.45, 7) is -2.92. The van der Waals surface area contributed by atoms with E-state index in [2.05, 4.69) is 9.73 Å². The average molecular weight is 463 g/mol. The highest BCUT2D eigenvalue weighted by Crippen LogP contribution is 2.30. The van der Waals surface area contributed by atoms with Crippen molar-refractivity contribution < 1.29 is 23.0 Å². The monoisotopic (exact) mass is 463 g/mol. The predicted molar refractivity (Wildman–Crippen MR) is 121 cm³/mol. The van der Waals surface area contributed by atoms with Crippen LogP contribution in [0.1, 0.15) is 11.1 Å². The van der Waals surface area contributed by atoms with Crippen molar-refractivity contribution in [3.05, 3.63) is 95.1 Å². The minimum atomic E-state index is -2.92. The second kappa shape index (κ2) is 8.79. The first-order valence-electron chi connectivity index (χ1n) is 9.83. The molecule has 1 aliphatic rings. The zero-order chi connectivity index (χ0) is 22.8. The maximum absolute atomic E-state index is 12.5. The fourth-order valence-corrected chi connectivity index (χ4v) is 4.00. The molecular formula is C24H15F2N3O3S. The normalized spacial score (nSPS) is 14.6. The summed E-state index contributed by atoms with van der Waals surface area (Å²) >= 11 is 1.54. The van der Waals surface area contributed by atoms with Gasteiger partial charge in [0.05, 0.1) is 10.6 Å². The maximum atomic E-state index is 12.5. The van der Waals surface area contributed by atoms with E-state index in [-0.39, 0.29) is 17.3 Å². The molecule has 1 aliphatic heterocycles. The quantitative estimate of drug-likeness (QED) is 0.278. The van der Waals surface area contributed by atoms with Gasteiger partial charge in [0.1, 0.15) is 11.4 Å². The Balaban J connectivity index is 1.50. The summed E-state index contributed by atoms with van der Waals surface area (Å²) in [5, 5.41) is 6.66. The summed E-state index contributed by atoms with van der Waals surface area (Å²) in [4.78, 5) is 17.8. The summed E-state index contributed by atoms with van der Waals surface area (Å²) < 4.78 is 36.1. The first kappa shape index (κ1) is 20.8. The molecule has 0 spiro atoms. The molecule has 0 N–H and O–H groups in total. The Morgan fingerprint density at radius 3 is 2.52 bits per heavy atom. The minimum absolute atomic E-state index is 0.00311. The summed E-state index contributed by atoms with van der Waals surface area (Å²) in [6, 6.07) is 19.2. The number of carbonyl (C=O) groups is 1. The number of benzene rings is 2. The Morgan fingerprint density at radius 2 is 1.82 bits per heavy atom. The third-order valence-corrected chi connectivity index (χ3v) is 5.63. The molecule has 0 aliphatic carbocycles. The number of hydrogen-bond donors (Lipinski definition) is 0. The van der Waals surface area contributed by atoms with E-state index >= 15 is 0 Å². The molecule has 2 aromatic carbocycles. The molecule has 3 heterocycles. The van der Waals surface area contributed by atoms with Gasteiger partial charge in [0.2, 0.25) is 5.90 Å². The molecule has 0 radical (unpaired) electrons. The molecule has 4 aromatic rings. The highest BCUT2D eigenvalue weighted by molar-refractivity contribution is 7.13. The van der Waals surface area contributed by atoms with Crippen LogP contribution < -0.4 is 4.74 Å². The molecule has 9 heteroatoms. The number of halogens is 2. The third kappa shape index (κ3) is 4.44. The van der Waals surface area contributed by atoms with Gasteiger partial charge in [-0.15, -0.1) is 11.3 Å². The summed E-state index contributed by atoms with van der Waals surface area (Å²) in [6.07, 6.45) is 3.46. The minimum Gasteiger partial charge on any atom is -0.435 e. The Labute approximate surface area is 191 Å². The molecule has 0 saturated carbocycles. The van der Waals surface area contributed by atoms with Gasteiger partial charge in [0.25, 0.3) is 0 Å². The average Bonchev–Trinajstić information content (AvgIpc) is 3.56. The molecule has 0 saturated heterocycles. The van der Waals surface area contributed by atoms with Crippen LogP contribution in [0.2, 0.25) is 0 Å². The number of carbonyl (C=O) groups excluding carboxylic acids is 1. The standard InChI is InChI=1S/C24H15F2N3O3S/c25-24(26)31-18-10-8-15(9-11-18)22-27-19(23(30)32-22)13-16-14-29(17-5-2-1-3-6-17)28-21(16)20-7-4-12-33-20/h1-14,24H/b19-13-. The largest absolute Gasteiger partial charge is 0.435 e. The Kier molecular flexibility index (Phi) is 5.54. The van der Waals surface area contributed by atoms with Gasteiger partial charge < -0.3 is 9.47 Å². The van der Waals surface area contributed by atoms with Crippen LogP contribution in [-0.4, -0.2) is 28.3 Å². The van der Waals surface area contributed by atoms with Gasteiger partial charge >= 0.3 is 12.6 Å². The molecular weight excluding hydrogens is 448 g/mol. The van der Waals surface area contributed by atoms with Crippen LogP contribution in [0.5, 0.6) is 5.75 Å². The molecule has 0 bridgehead atoms. The summed E-state index contributed by atoms with van der Waals surface area (Å²) in [5.41, 5.74) is 2.88. The van der Waals surface area contributed by atoms with E-state index in [0.29, 0.717) is 16.8 Å². The number of aromatic nitrogens is 2. The van der Waals surface area contributed by atoms with Crippen LogP contribution >= 0.6 is 11.3 Å². The predicted octanol–water partition coefficient (Wildman–Crippen LogP) is 5.55. The van der Waals surface area contributed by atoms with E-state index in [1.807, 2.05) is 54.0 Å². The lowest BCUT2D eigenvalue weighted by molar-refractivity contribution is -0.129. The second-order valence-corrected chi connectivity index (χ2v) is 7.88.